The lowest BCUT2D eigenvalue weighted by molar-refractivity contribution is 0.600. The Morgan fingerprint density at radius 1 is 1.09 bits per heavy atom. The van der Waals surface area contributed by atoms with Gasteiger partial charge in [-0.15, -0.1) is 0 Å². The number of aryl methyl sites for hydroxylation is 1. The summed E-state index contributed by atoms with van der Waals surface area (Å²) in [4.78, 5) is 36.3. The smallest absolute Gasteiger partial charge is 0.332 e. The second-order valence-corrected chi connectivity index (χ2v) is 7.98. The quantitative estimate of drug-likeness (QED) is 0.445. The Bertz CT molecular complexity index is 1390. The van der Waals surface area contributed by atoms with Crippen LogP contribution >= 0.6 is 11.6 Å². The predicted octanol–water partition coefficient (Wildman–Crippen LogP) is 2.35. The van der Waals surface area contributed by atoms with Crippen molar-refractivity contribution in [3.05, 3.63) is 85.5 Å². The van der Waals surface area contributed by atoms with E-state index in [-0.39, 0.29) is 28.3 Å². The van der Waals surface area contributed by atoms with Gasteiger partial charge in [-0.25, -0.2) is 9.18 Å². The Morgan fingerprint density at radius 3 is 2.56 bits per heavy atom. The number of imidazole rings is 1. The fraction of sp³-hybridized carbons (Fsp3) is 0.273. The van der Waals surface area contributed by atoms with Crippen LogP contribution in [0.3, 0.4) is 0 Å². The Labute approximate surface area is 188 Å². The molecule has 10 heteroatoms. The van der Waals surface area contributed by atoms with Crippen LogP contribution in [0, 0.1) is 5.82 Å². The molecule has 0 spiro atoms. The van der Waals surface area contributed by atoms with Crippen molar-refractivity contribution in [3.8, 4) is 0 Å². The van der Waals surface area contributed by atoms with Crippen molar-refractivity contribution in [3.63, 3.8) is 0 Å². The predicted molar refractivity (Wildman–Crippen MR) is 122 cm³/mol. The second-order valence-electron chi connectivity index (χ2n) is 7.57. The zero-order chi connectivity index (χ0) is 23.0. The van der Waals surface area contributed by atoms with Gasteiger partial charge in [0, 0.05) is 56.6 Å². The lowest BCUT2D eigenvalue weighted by Gasteiger charge is -2.20. The third kappa shape index (κ3) is 3.80. The van der Waals surface area contributed by atoms with Crippen LogP contribution in [0.25, 0.3) is 11.2 Å². The van der Waals surface area contributed by atoms with E-state index >= 15 is 0 Å². The number of nitrogens with zero attached hydrogens (tertiary/aromatic N) is 6. The highest BCUT2D eigenvalue weighted by atomic mass is 35.5. The third-order valence-corrected chi connectivity index (χ3v) is 5.83. The van der Waals surface area contributed by atoms with Crippen LogP contribution in [-0.2, 0) is 27.1 Å². The van der Waals surface area contributed by atoms with Gasteiger partial charge in [0.1, 0.15) is 5.82 Å². The molecule has 4 aromatic rings. The molecule has 0 aliphatic heterocycles. The van der Waals surface area contributed by atoms with E-state index in [2.05, 4.69) is 9.97 Å². The summed E-state index contributed by atoms with van der Waals surface area (Å²) in [6, 6.07) is 10.1. The molecule has 0 N–H and O–H groups in total. The average molecular weight is 457 g/mol. The third-order valence-electron chi connectivity index (χ3n) is 5.48. The van der Waals surface area contributed by atoms with Crippen LogP contribution in [0.4, 0.5) is 10.3 Å². The lowest BCUT2D eigenvalue weighted by Crippen LogP contribution is -2.37. The highest BCUT2D eigenvalue weighted by molar-refractivity contribution is 6.31. The summed E-state index contributed by atoms with van der Waals surface area (Å²) >= 11 is 6.26. The largest absolute Gasteiger partial charge is 0.345 e. The number of halogens is 2. The first kappa shape index (κ1) is 21.8. The SMILES string of the molecule is CN(CCc1ccccn1)c1nc2c(c(=O)n(C)c(=O)n2C)n1Cc1c(F)cccc1Cl. The van der Waals surface area contributed by atoms with Crippen LogP contribution in [0.1, 0.15) is 11.3 Å². The van der Waals surface area contributed by atoms with Gasteiger partial charge < -0.3 is 4.90 Å². The molecular formula is C22H22ClFN6O2. The van der Waals surface area contributed by atoms with Gasteiger partial charge in [-0.3, -0.25) is 23.5 Å². The van der Waals surface area contributed by atoms with E-state index in [9.17, 15) is 14.0 Å². The molecule has 0 saturated carbocycles. The molecule has 166 valence electrons. The van der Waals surface area contributed by atoms with Crippen LogP contribution in [0.15, 0.2) is 52.2 Å². The highest BCUT2D eigenvalue weighted by Crippen LogP contribution is 2.25. The first-order valence-corrected chi connectivity index (χ1v) is 10.4. The molecule has 0 unspecified atom stereocenters. The van der Waals surface area contributed by atoms with Crippen molar-refractivity contribution in [2.24, 2.45) is 14.1 Å². The molecule has 32 heavy (non-hydrogen) atoms. The summed E-state index contributed by atoms with van der Waals surface area (Å²) in [6.07, 6.45) is 2.36. The number of fused-ring (bicyclic) bond motifs is 1. The molecule has 0 amide bonds. The number of pyridine rings is 1. The van der Waals surface area contributed by atoms with E-state index in [1.54, 1.807) is 23.9 Å². The zero-order valence-electron chi connectivity index (χ0n) is 17.9. The first-order valence-electron chi connectivity index (χ1n) is 9.99. The molecule has 0 bridgehead atoms. The fourth-order valence-electron chi connectivity index (χ4n) is 3.65. The second kappa shape index (κ2) is 8.58. The van der Waals surface area contributed by atoms with Crippen LogP contribution < -0.4 is 16.1 Å². The summed E-state index contributed by atoms with van der Waals surface area (Å²) in [6.45, 7) is 0.526. The van der Waals surface area contributed by atoms with E-state index in [0.29, 0.717) is 18.9 Å². The number of aromatic nitrogens is 5. The van der Waals surface area contributed by atoms with Crippen LogP contribution in [0.5, 0.6) is 0 Å². The number of hydrogen-bond acceptors (Lipinski definition) is 5. The molecule has 8 nitrogen and oxygen atoms in total. The Balaban J connectivity index is 1.86. The van der Waals surface area contributed by atoms with Gasteiger partial charge in [0.2, 0.25) is 5.95 Å². The average Bonchev–Trinajstić information content (AvgIpc) is 3.17. The summed E-state index contributed by atoms with van der Waals surface area (Å²) < 4.78 is 18.5. The van der Waals surface area contributed by atoms with E-state index in [1.165, 1.54) is 23.7 Å². The summed E-state index contributed by atoms with van der Waals surface area (Å²) in [5, 5.41) is 0.246. The van der Waals surface area contributed by atoms with E-state index in [4.69, 9.17) is 11.6 Å². The monoisotopic (exact) mass is 456 g/mol. The number of anilines is 1. The molecule has 0 fully saturated rings. The summed E-state index contributed by atoms with van der Waals surface area (Å²) in [7, 11) is 4.78. The summed E-state index contributed by atoms with van der Waals surface area (Å²) in [5.74, 6) is -0.0587. The number of rotatable bonds is 6. The summed E-state index contributed by atoms with van der Waals surface area (Å²) in [5.41, 5.74) is 0.580. The molecule has 0 saturated heterocycles. The van der Waals surface area contributed by atoms with Gasteiger partial charge >= 0.3 is 5.69 Å². The lowest BCUT2D eigenvalue weighted by atomic mass is 10.2. The first-order chi connectivity index (χ1) is 15.3. The van der Waals surface area contributed by atoms with E-state index in [0.717, 1.165) is 10.3 Å². The number of hydrogen-bond donors (Lipinski definition) is 0. The minimum absolute atomic E-state index is 0.0152. The van der Waals surface area contributed by atoms with Crippen LogP contribution in [0.2, 0.25) is 5.02 Å². The van der Waals surface area contributed by atoms with Crippen molar-refractivity contribution < 1.29 is 4.39 Å². The maximum atomic E-state index is 14.6. The molecule has 3 aromatic heterocycles. The van der Waals surface area contributed by atoms with Crippen molar-refractivity contribution >= 4 is 28.7 Å². The standard InChI is InChI=1S/C22H22ClFN6O2/c1-27(12-10-14-7-4-5-11-25-14)21-26-19-18(20(31)29(3)22(32)28(19)2)30(21)13-15-16(23)8-6-9-17(15)24/h4-9,11H,10,12-13H2,1-3H3. The van der Waals surface area contributed by atoms with E-state index < -0.39 is 17.1 Å². The van der Waals surface area contributed by atoms with Gasteiger partial charge in [0.15, 0.2) is 11.2 Å². The highest BCUT2D eigenvalue weighted by Gasteiger charge is 2.23. The van der Waals surface area contributed by atoms with Crippen molar-refractivity contribution in [2.75, 3.05) is 18.5 Å². The number of benzene rings is 1. The van der Waals surface area contributed by atoms with Gasteiger partial charge in [0.25, 0.3) is 5.56 Å². The van der Waals surface area contributed by atoms with Crippen molar-refractivity contribution in [1.82, 2.24) is 23.7 Å². The molecule has 0 radical (unpaired) electrons. The molecule has 4 rings (SSSR count). The zero-order valence-corrected chi connectivity index (χ0v) is 18.7. The molecular weight excluding hydrogens is 435 g/mol. The molecule has 0 atom stereocenters. The van der Waals surface area contributed by atoms with E-state index in [1.807, 2.05) is 30.1 Å². The number of likely N-dealkylation sites (N-methyl/N-ethyl adjacent to an activating group) is 1. The Morgan fingerprint density at radius 2 is 1.88 bits per heavy atom. The van der Waals surface area contributed by atoms with Crippen molar-refractivity contribution in [1.29, 1.82) is 0 Å². The minimum Gasteiger partial charge on any atom is -0.345 e. The van der Waals surface area contributed by atoms with Gasteiger partial charge in [0.05, 0.1) is 6.54 Å². The Kier molecular flexibility index (Phi) is 5.84. The molecule has 1 aromatic carbocycles. The fourth-order valence-corrected chi connectivity index (χ4v) is 3.87. The van der Waals surface area contributed by atoms with Gasteiger partial charge in [-0.1, -0.05) is 23.7 Å². The normalized spacial score (nSPS) is 11.3. The maximum Gasteiger partial charge on any atom is 0.332 e. The van der Waals surface area contributed by atoms with Crippen LogP contribution in [-0.4, -0.2) is 37.3 Å². The topological polar surface area (TPSA) is 78.0 Å². The minimum atomic E-state index is -0.507. The molecule has 0 aliphatic rings. The Hall–Kier alpha value is -3.46. The van der Waals surface area contributed by atoms with Gasteiger partial charge in [-0.05, 0) is 24.3 Å². The molecule has 0 aliphatic carbocycles. The van der Waals surface area contributed by atoms with Gasteiger partial charge in [-0.2, -0.15) is 4.98 Å². The maximum absolute atomic E-state index is 14.6. The van der Waals surface area contributed by atoms with Crippen molar-refractivity contribution in [2.45, 2.75) is 13.0 Å². The molecule has 3 heterocycles.